The molecule has 0 saturated heterocycles. The van der Waals surface area contributed by atoms with Crippen molar-refractivity contribution < 1.29 is 9.47 Å². The minimum atomic E-state index is 0.523. The van der Waals surface area contributed by atoms with Gasteiger partial charge in [0, 0.05) is 34.7 Å². The van der Waals surface area contributed by atoms with E-state index in [-0.39, 0.29) is 0 Å². The van der Waals surface area contributed by atoms with Gasteiger partial charge in [0.15, 0.2) is 0 Å². The zero-order chi connectivity index (χ0) is 36.6. The minimum absolute atomic E-state index is 0.523. The van der Waals surface area contributed by atoms with E-state index in [2.05, 4.69) is 149 Å². The number of nitrogens with zero attached hydrogens (tertiary/aromatic N) is 3. The fourth-order valence-corrected chi connectivity index (χ4v) is 7.54. The Hall–Kier alpha value is -7.50. The molecule has 0 unspecified atom stereocenters. The van der Waals surface area contributed by atoms with Gasteiger partial charge in [-0.15, -0.1) is 0 Å². The monoisotopic (exact) mass is 707 g/mol. The van der Waals surface area contributed by atoms with E-state index >= 15 is 0 Å². The van der Waals surface area contributed by atoms with E-state index in [0.29, 0.717) is 23.1 Å². The fraction of sp³-hybridized carbons (Fsp3) is 0. The number of para-hydroxylation sites is 1. The predicted molar refractivity (Wildman–Crippen MR) is 223 cm³/mol. The van der Waals surface area contributed by atoms with Crippen LogP contribution in [-0.4, -0.2) is 14.4 Å². The highest BCUT2D eigenvalue weighted by atomic mass is 16.5. The first-order valence-corrected chi connectivity index (χ1v) is 18.3. The summed E-state index contributed by atoms with van der Waals surface area (Å²) in [5, 5.41) is 3.22. The number of aromatic nitrogens is 3. The van der Waals surface area contributed by atoms with E-state index in [1.807, 2.05) is 54.7 Å². The highest BCUT2D eigenvalue weighted by Gasteiger charge is 2.22. The van der Waals surface area contributed by atoms with Crippen LogP contribution in [-0.2, 0) is 0 Å². The molecule has 0 radical (unpaired) electrons. The van der Waals surface area contributed by atoms with Gasteiger partial charge in [-0.3, -0.25) is 4.40 Å². The maximum atomic E-state index is 6.49. The van der Waals surface area contributed by atoms with Gasteiger partial charge in [-0.25, -0.2) is 9.97 Å². The molecule has 0 spiro atoms. The number of ether oxygens (including phenoxy) is 2. The van der Waals surface area contributed by atoms with Gasteiger partial charge in [-0.2, -0.15) is 0 Å². The molecule has 0 N–H and O–H groups in total. The van der Waals surface area contributed by atoms with Crippen molar-refractivity contribution in [1.29, 1.82) is 0 Å². The van der Waals surface area contributed by atoms with E-state index in [9.17, 15) is 0 Å². The van der Waals surface area contributed by atoms with E-state index in [0.717, 1.165) is 66.4 Å². The smallest absolute Gasteiger partial charge is 0.219 e. The molecule has 7 aromatic carbocycles. The van der Waals surface area contributed by atoms with Gasteiger partial charge in [0.25, 0.3) is 0 Å². The Morgan fingerprint density at radius 1 is 0.400 bits per heavy atom. The lowest BCUT2D eigenvalue weighted by molar-refractivity contribution is 0.449. The Morgan fingerprint density at radius 3 is 1.71 bits per heavy atom. The van der Waals surface area contributed by atoms with Gasteiger partial charge in [-0.05, 0) is 93.4 Å². The molecule has 55 heavy (non-hydrogen) atoms. The maximum Gasteiger partial charge on any atom is 0.219 e. The normalized spacial score (nSPS) is 11.3. The molecule has 260 valence electrons. The average molecular weight is 708 g/mol. The van der Waals surface area contributed by atoms with Crippen LogP contribution in [0.2, 0.25) is 0 Å². The molecule has 0 aliphatic carbocycles. The van der Waals surface area contributed by atoms with Crippen LogP contribution < -0.4 is 9.47 Å². The van der Waals surface area contributed by atoms with Crippen molar-refractivity contribution in [2.45, 2.75) is 0 Å². The van der Waals surface area contributed by atoms with E-state index in [4.69, 9.17) is 14.5 Å². The molecular weight excluding hydrogens is 675 g/mol. The molecule has 3 aromatic heterocycles. The van der Waals surface area contributed by atoms with E-state index < -0.39 is 0 Å². The number of fused-ring (bicyclic) bond motifs is 6. The Balaban J connectivity index is 1.19. The summed E-state index contributed by atoms with van der Waals surface area (Å²) in [7, 11) is 0. The van der Waals surface area contributed by atoms with Crippen molar-refractivity contribution in [1.82, 2.24) is 14.4 Å². The zero-order valence-corrected chi connectivity index (χ0v) is 29.7. The van der Waals surface area contributed by atoms with Crippen LogP contribution >= 0.6 is 0 Å². The average Bonchev–Trinajstić information content (AvgIpc) is 3.70. The largest absolute Gasteiger partial charge is 0.457 e. The van der Waals surface area contributed by atoms with Crippen molar-refractivity contribution in [2.24, 2.45) is 0 Å². The standard InChI is InChI=1S/C50H33N3O2/c1-4-15-34(16-5-1)37-29-43(35-17-6-2-7-18-35)49(44(30-37)36-19-8-3-9-20-36)47-33-52-50-45-32-40(26-27-41(45)42-23-10-11-24-46(42)53(47)50)54-38-21-14-22-39(31-38)55-48-25-12-13-28-51-48/h1-33H. The Morgan fingerprint density at radius 2 is 1.02 bits per heavy atom. The van der Waals surface area contributed by atoms with E-state index in [1.165, 1.54) is 5.56 Å². The van der Waals surface area contributed by atoms with Crippen molar-refractivity contribution >= 4 is 27.3 Å². The van der Waals surface area contributed by atoms with Gasteiger partial charge in [-0.1, -0.05) is 121 Å². The molecule has 5 heteroatoms. The number of hydrogen-bond donors (Lipinski definition) is 0. The van der Waals surface area contributed by atoms with Crippen LogP contribution in [0.5, 0.6) is 23.1 Å². The quantitative estimate of drug-likeness (QED) is 0.148. The molecular formula is C50H33N3O2. The fourth-order valence-electron chi connectivity index (χ4n) is 7.54. The van der Waals surface area contributed by atoms with Gasteiger partial charge in [0.05, 0.1) is 17.4 Å². The summed E-state index contributed by atoms with van der Waals surface area (Å²) >= 11 is 0. The number of benzene rings is 7. The summed E-state index contributed by atoms with van der Waals surface area (Å²) < 4.78 is 14.8. The number of hydrogen-bond acceptors (Lipinski definition) is 4. The second-order valence-electron chi connectivity index (χ2n) is 13.4. The van der Waals surface area contributed by atoms with Crippen LogP contribution in [0.4, 0.5) is 0 Å². The third-order valence-electron chi connectivity index (χ3n) is 10.0. The molecule has 10 aromatic rings. The van der Waals surface area contributed by atoms with Crippen molar-refractivity contribution in [3.05, 3.63) is 200 Å². The summed E-state index contributed by atoms with van der Waals surface area (Å²) in [4.78, 5) is 9.50. The summed E-state index contributed by atoms with van der Waals surface area (Å²) in [6, 6.07) is 64.6. The van der Waals surface area contributed by atoms with Crippen LogP contribution in [0.25, 0.3) is 72.0 Å². The second kappa shape index (κ2) is 13.8. The third-order valence-corrected chi connectivity index (χ3v) is 10.0. The van der Waals surface area contributed by atoms with Gasteiger partial charge >= 0.3 is 0 Å². The maximum absolute atomic E-state index is 6.49. The van der Waals surface area contributed by atoms with Crippen LogP contribution in [0.1, 0.15) is 0 Å². The van der Waals surface area contributed by atoms with E-state index in [1.54, 1.807) is 6.20 Å². The van der Waals surface area contributed by atoms with Crippen molar-refractivity contribution in [3.8, 4) is 67.8 Å². The van der Waals surface area contributed by atoms with Gasteiger partial charge in [0.2, 0.25) is 5.88 Å². The molecule has 0 aliphatic rings. The Kier molecular flexibility index (Phi) is 8.08. The molecule has 0 saturated carbocycles. The number of pyridine rings is 2. The Bertz CT molecular complexity index is 2900. The second-order valence-corrected chi connectivity index (χ2v) is 13.4. The molecule has 0 atom stereocenters. The summed E-state index contributed by atoms with van der Waals surface area (Å²) in [6.45, 7) is 0. The van der Waals surface area contributed by atoms with Gasteiger partial charge < -0.3 is 9.47 Å². The summed E-state index contributed by atoms with van der Waals surface area (Å²) in [5.74, 6) is 2.53. The summed E-state index contributed by atoms with van der Waals surface area (Å²) in [5.41, 5.74) is 10.9. The molecule has 10 rings (SSSR count). The number of rotatable bonds is 8. The summed E-state index contributed by atoms with van der Waals surface area (Å²) in [6.07, 6.45) is 3.74. The molecule has 0 fully saturated rings. The van der Waals surface area contributed by atoms with Crippen LogP contribution in [0, 0.1) is 0 Å². The Labute approximate surface area is 318 Å². The zero-order valence-electron chi connectivity index (χ0n) is 29.7. The van der Waals surface area contributed by atoms with Crippen LogP contribution in [0.3, 0.4) is 0 Å². The molecule has 0 aliphatic heterocycles. The lowest BCUT2D eigenvalue weighted by Gasteiger charge is -2.20. The molecule has 3 heterocycles. The first-order valence-electron chi connectivity index (χ1n) is 18.3. The van der Waals surface area contributed by atoms with Gasteiger partial charge in [0.1, 0.15) is 22.9 Å². The first kappa shape index (κ1) is 32.2. The molecule has 5 nitrogen and oxygen atoms in total. The first-order chi connectivity index (χ1) is 27.3. The topological polar surface area (TPSA) is 48.7 Å². The minimum Gasteiger partial charge on any atom is -0.457 e. The lowest BCUT2D eigenvalue weighted by atomic mass is 9.86. The lowest BCUT2D eigenvalue weighted by Crippen LogP contribution is -1.98. The van der Waals surface area contributed by atoms with Crippen LogP contribution in [0.15, 0.2) is 200 Å². The highest BCUT2D eigenvalue weighted by molar-refractivity contribution is 6.13. The molecule has 0 bridgehead atoms. The SMILES string of the molecule is c1ccc(-c2cc(-c3ccccc3)c(-c3cnc4c5cc(Oc6cccc(Oc7ccccn7)c6)ccc5c5ccccc5n34)c(-c3ccccc3)c2)cc1. The van der Waals surface area contributed by atoms with Crippen molar-refractivity contribution in [3.63, 3.8) is 0 Å². The third kappa shape index (κ3) is 6.04. The molecule has 0 amide bonds. The van der Waals surface area contributed by atoms with Crippen molar-refractivity contribution in [2.75, 3.05) is 0 Å². The highest BCUT2D eigenvalue weighted by Crippen LogP contribution is 2.45. The number of imidazole rings is 1. The predicted octanol–water partition coefficient (Wildman–Crippen LogP) is 13.3.